The summed E-state index contributed by atoms with van der Waals surface area (Å²) in [6.07, 6.45) is 6.61. The van der Waals surface area contributed by atoms with E-state index in [0.29, 0.717) is 12.1 Å². The second-order valence-electron chi connectivity index (χ2n) is 5.23. The van der Waals surface area contributed by atoms with Gasteiger partial charge in [-0.15, -0.1) is 0 Å². The zero-order chi connectivity index (χ0) is 13.0. The number of rotatable bonds is 4. The van der Waals surface area contributed by atoms with Crippen molar-refractivity contribution < 1.29 is 0 Å². The number of hydrogen-bond acceptors (Lipinski definition) is 4. The summed E-state index contributed by atoms with van der Waals surface area (Å²) in [5, 5.41) is 0. The summed E-state index contributed by atoms with van der Waals surface area (Å²) in [6, 6.07) is 3.11. The minimum absolute atomic E-state index is 0.418. The largest absolute Gasteiger partial charge is 0.328 e. The second-order valence-corrected chi connectivity index (χ2v) is 5.23. The normalized spacial score (nSPS) is 24.4. The van der Waals surface area contributed by atoms with Gasteiger partial charge in [-0.25, -0.2) is 9.97 Å². The molecule has 1 saturated carbocycles. The third-order valence-electron chi connectivity index (χ3n) is 3.86. The van der Waals surface area contributed by atoms with Gasteiger partial charge in [0, 0.05) is 24.8 Å². The maximum atomic E-state index is 5.97. The van der Waals surface area contributed by atoms with Crippen LogP contribution in [0.5, 0.6) is 0 Å². The molecule has 0 saturated heterocycles. The molecule has 1 aliphatic rings. The van der Waals surface area contributed by atoms with Crippen molar-refractivity contribution in [2.24, 2.45) is 5.73 Å². The van der Waals surface area contributed by atoms with Crippen molar-refractivity contribution >= 4 is 0 Å². The number of nitrogens with zero attached hydrogens (tertiary/aromatic N) is 3. The van der Waals surface area contributed by atoms with Crippen LogP contribution in [0, 0.1) is 6.92 Å². The highest BCUT2D eigenvalue weighted by Crippen LogP contribution is 2.23. The average Bonchev–Trinajstić information content (AvgIpc) is 2.37. The molecule has 0 radical (unpaired) electrons. The van der Waals surface area contributed by atoms with Crippen LogP contribution in [0.1, 0.15) is 44.1 Å². The van der Waals surface area contributed by atoms with Gasteiger partial charge < -0.3 is 5.73 Å². The maximum Gasteiger partial charge on any atom is 0.125 e. The van der Waals surface area contributed by atoms with Gasteiger partial charge >= 0.3 is 0 Å². The van der Waals surface area contributed by atoms with E-state index in [1.807, 2.05) is 19.2 Å². The molecule has 0 bridgehead atoms. The number of nitrogens with two attached hydrogens (primary N) is 1. The maximum absolute atomic E-state index is 5.97. The molecule has 1 aromatic rings. The fourth-order valence-electron chi connectivity index (χ4n) is 2.77. The van der Waals surface area contributed by atoms with Gasteiger partial charge in [-0.3, -0.25) is 4.90 Å². The molecule has 2 N–H and O–H groups in total. The van der Waals surface area contributed by atoms with Gasteiger partial charge in [0.15, 0.2) is 0 Å². The van der Waals surface area contributed by atoms with Gasteiger partial charge in [0.05, 0.1) is 5.69 Å². The van der Waals surface area contributed by atoms with Crippen LogP contribution in [-0.4, -0.2) is 33.5 Å². The summed E-state index contributed by atoms with van der Waals surface area (Å²) < 4.78 is 0. The molecule has 0 aliphatic heterocycles. The Kier molecular flexibility index (Phi) is 4.66. The standard InChI is InChI=1S/C14H24N4/c1-3-18(14-6-4-12(15)5-7-14)10-13-8-9-16-11(2)17-13/h8-9,12,14H,3-7,10,15H2,1-2H3. The summed E-state index contributed by atoms with van der Waals surface area (Å²) in [5.74, 6) is 0.856. The van der Waals surface area contributed by atoms with E-state index in [0.717, 1.165) is 37.4 Å². The Hall–Kier alpha value is -1.00. The highest BCUT2D eigenvalue weighted by atomic mass is 15.2. The molecule has 1 aliphatic carbocycles. The molecule has 0 aromatic carbocycles. The number of aryl methyl sites for hydroxylation is 1. The molecule has 0 unspecified atom stereocenters. The van der Waals surface area contributed by atoms with Crippen molar-refractivity contribution in [1.82, 2.24) is 14.9 Å². The van der Waals surface area contributed by atoms with Crippen LogP contribution in [0.3, 0.4) is 0 Å². The van der Waals surface area contributed by atoms with Crippen LogP contribution >= 0.6 is 0 Å². The van der Waals surface area contributed by atoms with E-state index in [4.69, 9.17) is 5.73 Å². The monoisotopic (exact) mass is 248 g/mol. The van der Waals surface area contributed by atoms with Gasteiger partial charge in [0.25, 0.3) is 0 Å². The fraction of sp³-hybridized carbons (Fsp3) is 0.714. The number of hydrogen-bond donors (Lipinski definition) is 1. The van der Waals surface area contributed by atoms with Crippen molar-refractivity contribution in [3.8, 4) is 0 Å². The molecule has 0 spiro atoms. The van der Waals surface area contributed by atoms with Crippen LogP contribution in [0.15, 0.2) is 12.3 Å². The van der Waals surface area contributed by atoms with E-state index >= 15 is 0 Å². The zero-order valence-corrected chi connectivity index (χ0v) is 11.5. The minimum atomic E-state index is 0.418. The van der Waals surface area contributed by atoms with Crippen molar-refractivity contribution in [2.45, 2.75) is 58.2 Å². The first-order valence-electron chi connectivity index (χ1n) is 6.97. The van der Waals surface area contributed by atoms with Crippen molar-refractivity contribution in [3.05, 3.63) is 23.8 Å². The third-order valence-corrected chi connectivity index (χ3v) is 3.86. The second kappa shape index (κ2) is 6.25. The summed E-state index contributed by atoms with van der Waals surface area (Å²) in [7, 11) is 0. The highest BCUT2D eigenvalue weighted by molar-refractivity contribution is 5.02. The van der Waals surface area contributed by atoms with Crippen LogP contribution in [0.4, 0.5) is 0 Å². The third kappa shape index (κ3) is 3.50. The molecule has 4 nitrogen and oxygen atoms in total. The molecule has 4 heteroatoms. The fourth-order valence-corrected chi connectivity index (χ4v) is 2.77. The summed E-state index contributed by atoms with van der Waals surface area (Å²) in [6.45, 7) is 6.17. The Morgan fingerprint density at radius 1 is 1.33 bits per heavy atom. The van der Waals surface area contributed by atoms with Crippen molar-refractivity contribution in [3.63, 3.8) is 0 Å². The molecule has 1 heterocycles. The quantitative estimate of drug-likeness (QED) is 0.884. The van der Waals surface area contributed by atoms with Crippen LogP contribution in [0.2, 0.25) is 0 Å². The van der Waals surface area contributed by atoms with Crippen molar-refractivity contribution in [2.75, 3.05) is 6.54 Å². The average molecular weight is 248 g/mol. The Morgan fingerprint density at radius 3 is 2.67 bits per heavy atom. The predicted molar refractivity (Wildman–Crippen MR) is 73.1 cm³/mol. The summed E-state index contributed by atoms with van der Waals surface area (Å²) in [5.41, 5.74) is 7.10. The number of aromatic nitrogens is 2. The Labute approximate surface area is 110 Å². The molecular weight excluding hydrogens is 224 g/mol. The molecule has 100 valence electrons. The van der Waals surface area contributed by atoms with Gasteiger partial charge in [0.1, 0.15) is 5.82 Å². The first kappa shape index (κ1) is 13.4. The van der Waals surface area contributed by atoms with E-state index in [1.165, 1.54) is 12.8 Å². The predicted octanol–water partition coefficient (Wildman–Crippen LogP) is 1.88. The van der Waals surface area contributed by atoms with Crippen molar-refractivity contribution in [1.29, 1.82) is 0 Å². The Balaban J connectivity index is 1.96. The molecule has 0 atom stereocenters. The molecule has 2 rings (SSSR count). The highest BCUT2D eigenvalue weighted by Gasteiger charge is 2.23. The van der Waals surface area contributed by atoms with Gasteiger partial charge in [-0.2, -0.15) is 0 Å². The molecule has 1 aromatic heterocycles. The lowest BCUT2D eigenvalue weighted by Crippen LogP contribution is -2.40. The SMILES string of the molecule is CCN(Cc1ccnc(C)n1)C1CCC(N)CC1. The van der Waals surface area contributed by atoms with Gasteiger partial charge in [-0.05, 0) is 45.2 Å². The molecule has 18 heavy (non-hydrogen) atoms. The van der Waals surface area contributed by atoms with Gasteiger partial charge in [0.2, 0.25) is 0 Å². The smallest absolute Gasteiger partial charge is 0.125 e. The van der Waals surface area contributed by atoms with E-state index in [1.54, 1.807) is 0 Å². The first-order chi connectivity index (χ1) is 8.69. The van der Waals surface area contributed by atoms with Crippen LogP contribution in [-0.2, 0) is 6.54 Å². The Bertz CT molecular complexity index is 372. The van der Waals surface area contributed by atoms with E-state index in [-0.39, 0.29) is 0 Å². The Morgan fingerprint density at radius 2 is 2.06 bits per heavy atom. The lowest BCUT2D eigenvalue weighted by atomic mass is 9.90. The van der Waals surface area contributed by atoms with Crippen LogP contribution in [0.25, 0.3) is 0 Å². The van der Waals surface area contributed by atoms with E-state index in [9.17, 15) is 0 Å². The first-order valence-corrected chi connectivity index (χ1v) is 6.97. The van der Waals surface area contributed by atoms with Crippen LogP contribution < -0.4 is 5.73 Å². The minimum Gasteiger partial charge on any atom is -0.328 e. The topological polar surface area (TPSA) is 55.0 Å². The lowest BCUT2D eigenvalue weighted by Gasteiger charge is -2.35. The van der Waals surface area contributed by atoms with E-state index in [2.05, 4.69) is 21.8 Å². The summed E-state index contributed by atoms with van der Waals surface area (Å²) >= 11 is 0. The molecule has 1 fully saturated rings. The molecular formula is C14H24N4. The van der Waals surface area contributed by atoms with Gasteiger partial charge in [-0.1, -0.05) is 6.92 Å². The molecule has 0 amide bonds. The summed E-state index contributed by atoms with van der Waals surface area (Å²) in [4.78, 5) is 11.2. The lowest BCUT2D eigenvalue weighted by molar-refractivity contribution is 0.147. The zero-order valence-electron chi connectivity index (χ0n) is 11.5. The van der Waals surface area contributed by atoms with E-state index < -0.39 is 0 Å².